The first kappa shape index (κ1) is 18.3. The van der Waals surface area contributed by atoms with E-state index in [1.807, 2.05) is 6.92 Å². The Morgan fingerprint density at radius 2 is 1.82 bits per heavy atom. The van der Waals surface area contributed by atoms with Crippen LogP contribution in [0.15, 0.2) is 30.3 Å². The summed E-state index contributed by atoms with van der Waals surface area (Å²) in [6.07, 6.45) is 1.85. The van der Waals surface area contributed by atoms with Crippen molar-refractivity contribution in [1.29, 1.82) is 0 Å². The number of halogens is 2. The van der Waals surface area contributed by atoms with Crippen LogP contribution >= 0.6 is 0 Å². The second kappa shape index (κ2) is 6.82. The number of rotatable bonds is 4. The molecule has 0 spiro atoms. The van der Waals surface area contributed by atoms with E-state index in [0.29, 0.717) is 24.9 Å². The van der Waals surface area contributed by atoms with Gasteiger partial charge in [-0.1, -0.05) is 13.3 Å². The SMILES string of the molecule is CCCCN1C(=O)c2ccc(C(=O)N3CCc4c(F)cc(F)cc43)cc2C1=O. The Hall–Kier alpha value is -3.09. The third-order valence-corrected chi connectivity index (χ3v) is 5.21. The van der Waals surface area contributed by atoms with Gasteiger partial charge < -0.3 is 4.90 Å². The minimum Gasteiger partial charge on any atom is -0.308 e. The highest BCUT2D eigenvalue weighted by Gasteiger charge is 2.36. The minimum atomic E-state index is -0.753. The molecule has 4 rings (SSSR count). The summed E-state index contributed by atoms with van der Waals surface area (Å²) in [7, 11) is 0. The molecule has 0 aliphatic carbocycles. The molecule has 0 atom stereocenters. The first-order chi connectivity index (χ1) is 13.4. The van der Waals surface area contributed by atoms with Crippen molar-refractivity contribution < 1.29 is 23.2 Å². The van der Waals surface area contributed by atoms with Gasteiger partial charge in [-0.3, -0.25) is 19.3 Å². The lowest BCUT2D eigenvalue weighted by Gasteiger charge is -2.18. The van der Waals surface area contributed by atoms with E-state index in [0.717, 1.165) is 18.6 Å². The van der Waals surface area contributed by atoms with Crippen LogP contribution in [-0.2, 0) is 6.42 Å². The van der Waals surface area contributed by atoms with Gasteiger partial charge in [0.25, 0.3) is 17.7 Å². The molecule has 7 heteroatoms. The molecule has 0 radical (unpaired) electrons. The largest absolute Gasteiger partial charge is 0.308 e. The van der Waals surface area contributed by atoms with Gasteiger partial charge in [-0.05, 0) is 37.1 Å². The first-order valence-electron chi connectivity index (χ1n) is 9.22. The molecular weight excluding hydrogens is 366 g/mol. The van der Waals surface area contributed by atoms with Crippen LogP contribution in [0, 0.1) is 11.6 Å². The van der Waals surface area contributed by atoms with Crippen LogP contribution in [0.3, 0.4) is 0 Å². The maximum Gasteiger partial charge on any atom is 0.261 e. The fourth-order valence-corrected chi connectivity index (χ4v) is 3.73. The van der Waals surface area contributed by atoms with Gasteiger partial charge >= 0.3 is 0 Å². The molecule has 0 N–H and O–H groups in total. The van der Waals surface area contributed by atoms with Crippen molar-refractivity contribution in [1.82, 2.24) is 4.90 Å². The number of carbonyl (C=O) groups excluding carboxylic acids is 3. The van der Waals surface area contributed by atoms with E-state index in [1.165, 1.54) is 28.0 Å². The van der Waals surface area contributed by atoms with Gasteiger partial charge in [0, 0.05) is 30.3 Å². The van der Waals surface area contributed by atoms with Crippen molar-refractivity contribution in [2.45, 2.75) is 26.2 Å². The Labute approximate surface area is 160 Å². The van der Waals surface area contributed by atoms with E-state index in [2.05, 4.69) is 0 Å². The second-order valence-corrected chi connectivity index (χ2v) is 6.97. The standard InChI is InChI=1S/C21H18F2N2O3/c1-2-3-7-25-20(27)14-5-4-12(9-16(14)21(25)28)19(26)24-8-6-15-17(23)10-13(22)11-18(15)24/h4-5,9-11H,2-3,6-8H2,1H3. The molecule has 2 aliphatic rings. The van der Waals surface area contributed by atoms with Crippen LogP contribution in [0.25, 0.3) is 0 Å². The van der Waals surface area contributed by atoms with E-state index in [-0.39, 0.29) is 34.8 Å². The van der Waals surface area contributed by atoms with E-state index < -0.39 is 23.4 Å². The predicted octanol–water partition coefficient (Wildman–Crippen LogP) is 3.56. The van der Waals surface area contributed by atoms with E-state index >= 15 is 0 Å². The van der Waals surface area contributed by atoms with Crippen LogP contribution in [0.5, 0.6) is 0 Å². The maximum atomic E-state index is 13.9. The Morgan fingerprint density at radius 1 is 1.07 bits per heavy atom. The average Bonchev–Trinajstić information content (AvgIpc) is 3.19. The molecule has 5 nitrogen and oxygen atoms in total. The molecule has 28 heavy (non-hydrogen) atoms. The molecule has 0 saturated carbocycles. The van der Waals surface area contributed by atoms with Crippen LogP contribution < -0.4 is 4.90 Å². The Bertz CT molecular complexity index is 1020. The molecule has 2 heterocycles. The number of benzene rings is 2. The molecule has 0 aromatic heterocycles. The lowest BCUT2D eigenvalue weighted by atomic mass is 10.0. The summed E-state index contributed by atoms with van der Waals surface area (Å²) >= 11 is 0. The van der Waals surface area contributed by atoms with Crippen LogP contribution in [0.4, 0.5) is 14.5 Å². The monoisotopic (exact) mass is 384 g/mol. The molecule has 0 saturated heterocycles. The predicted molar refractivity (Wildman–Crippen MR) is 98.5 cm³/mol. The van der Waals surface area contributed by atoms with Crippen molar-refractivity contribution in [2.24, 2.45) is 0 Å². The fraction of sp³-hybridized carbons (Fsp3) is 0.286. The first-order valence-corrected chi connectivity index (χ1v) is 9.22. The Morgan fingerprint density at radius 3 is 2.57 bits per heavy atom. The zero-order valence-electron chi connectivity index (χ0n) is 15.3. The zero-order chi connectivity index (χ0) is 20.0. The molecule has 3 amide bonds. The maximum absolute atomic E-state index is 13.9. The van der Waals surface area contributed by atoms with E-state index in [1.54, 1.807) is 0 Å². The molecule has 2 aromatic carbocycles. The number of unbranched alkanes of at least 4 members (excludes halogenated alkanes) is 1. The lowest BCUT2D eigenvalue weighted by Crippen LogP contribution is -2.30. The van der Waals surface area contributed by atoms with Gasteiger partial charge in [0.05, 0.1) is 16.8 Å². The number of nitrogens with zero attached hydrogens (tertiary/aromatic N) is 2. The van der Waals surface area contributed by atoms with Gasteiger partial charge in [-0.25, -0.2) is 8.78 Å². The Balaban J connectivity index is 1.65. The second-order valence-electron chi connectivity index (χ2n) is 6.97. The van der Waals surface area contributed by atoms with E-state index in [9.17, 15) is 23.2 Å². The average molecular weight is 384 g/mol. The molecule has 0 unspecified atom stereocenters. The number of amides is 3. The molecule has 0 bridgehead atoms. The highest BCUT2D eigenvalue weighted by Crippen LogP contribution is 2.33. The van der Waals surface area contributed by atoms with Crippen LogP contribution in [0.2, 0.25) is 0 Å². The quantitative estimate of drug-likeness (QED) is 0.758. The van der Waals surface area contributed by atoms with Crippen LogP contribution in [-0.4, -0.2) is 35.7 Å². The summed E-state index contributed by atoms with van der Waals surface area (Å²) in [6.45, 7) is 2.53. The molecule has 0 fully saturated rings. The lowest BCUT2D eigenvalue weighted by molar-refractivity contribution is 0.0652. The number of hydrogen-bond acceptors (Lipinski definition) is 3. The van der Waals surface area contributed by atoms with Gasteiger partial charge in [0.1, 0.15) is 11.6 Å². The van der Waals surface area contributed by atoms with Gasteiger partial charge in [-0.15, -0.1) is 0 Å². The molecule has 2 aliphatic heterocycles. The van der Waals surface area contributed by atoms with Gasteiger partial charge in [-0.2, -0.15) is 0 Å². The number of fused-ring (bicyclic) bond motifs is 2. The number of anilines is 1. The van der Waals surface area contributed by atoms with Crippen molar-refractivity contribution in [2.75, 3.05) is 18.0 Å². The van der Waals surface area contributed by atoms with Crippen molar-refractivity contribution >= 4 is 23.4 Å². The van der Waals surface area contributed by atoms with Gasteiger partial charge in [0.2, 0.25) is 0 Å². The topological polar surface area (TPSA) is 57.7 Å². The molecular formula is C21H18F2N2O3. The summed E-state index contributed by atoms with van der Waals surface area (Å²) < 4.78 is 27.6. The molecule has 2 aromatic rings. The summed E-state index contributed by atoms with van der Waals surface area (Å²) in [4.78, 5) is 40.4. The smallest absolute Gasteiger partial charge is 0.261 e. The minimum absolute atomic E-state index is 0.191. The number of carbonyl (C=O) groups is 3. The molecule has 144 valence electrons. The Kier molecular flexibility index (Phi) is 4.45. The fourth-order valence-electron chi connectivity index (χ4n) is 3.73. The van der Waals surface area contributed by atoms with Crippen molar-refractivity contribution in [3.8, 4) is 0 Å². The van der Waals surface area contributed by atoms with Crippen molar-refractivity contribution in [3.05, 3.63) is 64.2 Å². The normalized spacial score (nSPS) is 15.2. The highest BCUT2D eigenvalue weighted by molar-refractivity contribution is 6.22. The number of imide groups is 1. The van der Waals surface area contributed by atoms with Crippen LogP contribution in [0.1, 0.15) is 56.4 Å². The van der Waals surface area contributed by atoms with Gasteiger partial charge in [0.15, 0.2) is 0 Å². The summed E-state index contributed by atoms with van der Waals surface area (Å²) in [6, 6.07) is 6.29. The summed E-state index contributed by atoms with van der Waals surface area (Å²) in [5.74, 6) is -2.66. The zero-order valence-corrected chi connectivity index (χ0v) is 15.3. The summed E-state index contributed by atoms with van der Waals surface area (Å²) in [5, 5.41) is 0. The third-order valence-electron chi connectivity index (χ3n) is 5.21. The summed E-state index contributed by atoms with van der Waals surface area (Å²) in [5.41, 5.74) is 1.17. The highest BCUT2D eigenvalue weighted by atomic mass is 19.1. The number of hydrogen-bond donors (Lipinski definition) is 0. The van der Waals surface area contributed by atoms with Crippen molar-refractivity contribution in [3.63, 3.8) is 0 Å². The van der Waals surface area contributed by atoms with E-state index in [4.69, 9.17) is 0 Å². The third kappa shape index (κ3) is 2.78.